The lowest BCUT2D eigenvalue weighted by Crippen LogP contribution is -2.26. The van der Waals surface area contributed by atoms with Crippen molar-refractivity contribution < 1.29 is 4.74 Å². The topological polar surface area (TPSA) is 24.5 Å². The number of ether oxygens (including phenoxy) is 1. The van der Waals surface area contributed by atoms with E-state index in [0.717, 1.165) is 18.8 Å². The first-order chi connectivity index (χ1) is 10.2. The van der Waals surface area contributed by atoms with Gasteiger partial charge in [-0.1, -0.05) is 32.8 Å². The number of unbranched alkanes of at least 4 members (excludes halogenated alkanes) is 2. The van der Waals surface area contributed by atoms with Crippen LogP contribution in [0.4, 0.5) is 0 Å². The van der Waals surface area contributed by atoms with Gasteiger partial charge in [0.2, 0.25) is 0 Å². The van der Waals surface area contributed by atoms with Gasteiger partial charge in [-0.2, -0.15) is 0 Å². The molecule has 0 saturated carbocycles. The summed E-state index contributed by atoms with van der Waals surface area (Å²) in [4.78, 5) is 2.56. The number of rotatable bonds is 11. The van der Waals surface area contributed by atoms with Crippen LogP contribution in [0.15, 0.2) is 18.2 Å². The molecule has 0 spiro atoms. The number of hydrogen-bond acceptors (Lipinski definition) is 3. The van der Waals surface area contributed by atoms with Crippen LogP contribution in [0.5, 0.6) is 5.75 Å². The molecule has 0 aromatic heterocycles. The van der Waals surface area contributed by atoms with Crippen molar-refractivity contribution in [3.05, 3.63) is 29.3 Å². The van der Waals surface area contributed by atoms with E-state index in [0.29, 0.717) is 0 Å². The molecule has 0 aliphatic heterocycles. The van der Waals surface area contributed by atoms with Gasteiger partial charge in [-0.25, -0.2) is 0 Å². The lowest BCUT2D eigenvalue weighted by Gasteiger charge is -2.23. The molecule has 0 aliphatic carbocycles. The molecule has 1 aromatic rings. The second kappa shape index (κ2) is 10.6. The Kier molecular flexibility index (Phi) is 9.11. The summed E-state index contributed by atoms with van der Waals surface area (Å²) in [5, 5.41) is 3.22. The molecule has 0 heterocycles. The van der Waals surface area contributed by atoms with E-state index in [1.54, 1.807) is 7.11 Å². The van der Waals surface area contributed by atoms with Gasteiger partial charge in [-0.05, 0) is 50.7 Å². The van der Waals surface area contributed by atoms with Gasteiger partial charge in [0.25, 0.3) is 0 Å². The first kappa shape index (κ1) is 18.0. The summed E-state index contributed by atoms with van der Waals surface area (Å²) >= 11 is 0. The van der Waals surface area contributed by atoms with Gasteiger partial charge in [-0.3, -0.25) is 4.90 Å². The van der Waals surface area contributed by atoms with Gasteiger partial charge >= 0.3 is 0 Å². The largest absolute Gasteiger partial charge is 0.496 e. The predicted octanol–water partition coefficient (Wildman–Crippen LogP) is 3.82. The van der Waals surface area contributed by atoms with E-state index < -0.39 is 0 Å². The van der Waals surface area contributed by atoms with Crippen molar-refractivity contribution in [3.8, 4) is 5.75 Å². The maximum atomic E-state index is 5.54. The molecule has 1 N–H and O–H groups in total. The highest BCUT2D eigenvalue weighted by atomic mass is 16.5. The molecule has 1 aromatic carbocycles. The van der Waals surface area contributed by atoms with Crippen LogP contribution in [-0.2, 0) is 13.1 Å². The number of nitrogens with zero attached hydrogens (tertiary/aromatic N) is 1. The van der Waals surface area contributed by atoms with Crippen molar-refractivity contribution in [1.82, 2.24) is 10.2 Å². The van der Waals surface area contributed by atoms with Crippen molar-refractivity contribution >= 4 is 0 Å². The summed E-state index contributed by atoms with van der Waals surface area (Å²) < 4.78 is 5.54. The standard InChI is InChI=1S/C18H32N2O/c1-5-7-11-20(12-8-6-2)15-17-13-16(14-19-3)9-10-18(17)21-4/h9-10,13,19H,5-8,11-12,14-15H2,1-4H3. The lowest BCUT2D eigenvalue weighted by molar-refractivity contribution is 0.253. The molecule has 0 bridgehead atoms. The molecule has 3 heteroatoms. The highest BCUT2D eigenvalue weighted by molar-refractivity contribution is 5.37. The van der Waals surface area contributed by atoms with E-state index in [1.165, 1.54) is 49.9 Å². The van der Waals surface area contributed by atoms with E-state index in [9.17, 15) is 0 Å². The van der Waals surface area contributed by atoms with E-state index in [4.69, 9.17) is 4.74 Å². The molecule has 1 rings (SSSR count). The average Bonchev–Trinajstić information content (AvgIpc) is 2.50. The molecule has 3 nitrogen and oxygen atoms in total. The Labute approximate surface area is 130 Å². The fraction of sp³-hybridized carbons (Fsp3) is 0.667. The van der Waals surface area contributed by atoms with Crippen LogP contribution in [0.3, 0.4) is 0 Å². The molecular formula is C18H32N2O. The minimum Gasteiger partial charge on any atom is -0.496 e. The lowest BCUT2D eigenvalue weighted by atomic mass is 10.1. The van der Waals surface area contributed by atoms with Gasteiger partial charge in [0.15, 0.2) is 0 Å². The smallest absolute Gasteiger partial charge is 0.123 e. The number of nitrogens with one attached hydrogen (secondary N) is 1. The van der Waals surface area contributed by atoms with Gasteiger partial charge in [-0.15, -0.1) is 0 Å². The Morgan fingerprint density at radius 2 is 1.76 bits per heavy atom. The molecule has 21 heavy (non-hydrogen) atoms. The van der Waals surface area contributed by atoms with Crippen LogP contribution in [-0.4, -0.2) is 32.1 Å². The predicted molar refractivity (Wildman–Crippen MR) is 90.9 cm³/mol. The third kappa shape index (κ3) is 6.49. The number of methoxy groups -OCH3 is 1. The van der Waals surface area contributed by atoms with E-state index >= 15 is 0 Å². The summed E-state index contributed by atoms with van der Waals surface area (Å²) in [6.45, 7) is 8.76. The third-order valence-electron chi connectivity index (χ3n) is 3.78. The minimum atomic E-state index is 0.904. The zero-order valence-corrected chi connectivity index (χ0v) is 14.2. The molecule has 0 radical (unpaired) electrons. The van der Waals surface area contributed by atoms with Crippen LogP contribution < -0.4 is 10.1 Å². The zero-order chi connectivity index (χ0) is 15.5. The van der Waals surface area contributed by atoms with Gasteiger partial charge in [0.1, 0.15) is 5.75 Å². The minimum absolute atomic E-state index is 0.904. The quantitative estimate of drug-likeness (QED) is 0.671. The Bertz CT molecular complexity index is 385. The number of benzene rings is 1. The Balaban J connectivity index is 2.80. The Morgan fingerprint density at radius 1 is 1.10 bits per heavy atom. The number of hydrogen-bond donors (Lipinski definition) is 1. The maximum absolute atomic E-state index is 5.54. The summed E-state index contributed by atoms with van der Waals surface area (Å²) in [7, 11) is 3.75. The van der Waals surface area contributed by atoms with Crippen molar-refractivity contribution in [2.24, 2.45) is 0 Å². The van der Waals surface area contributed by atoms with Crippen molar-refractivity contribution in [1.29, 1.82) is 0 Å². The van der Waals surface area contributed by atoms with Crippen LogP contribution in [0, 0.1) is 0 Å². The maximum Gasteiger partial charge on any atom is 0.123 e. The fourth-order valence-electron chi connectivity index (χ4n) is 2.54. The second-order valence-electron chi connectivity index (χ2n) is 5.66. The Morgan fingerprint density at radius 3 is 2.29 bits per heavy atom. The van der Waals surface area contributed by atoms with Crippen molar-refractivity contribution in [3.63, 3.8) is 0 Å². The molecule has 120 valence electrons. The van der Waals surface area contributed by atoms with Gasteiger partial charge in [0, 0.05) is 18.7 Å². The molecule has 0 amide bonds. The zero-order valence-electron chi connectivity index (χ0n) is 14.2. The normalized spacial score (nSPS) is 11.1. The van der Waals surface area contributed by atoms with E-state index in [-0.39, 0.29) is 0 Å². The highest BCUT2D eigenvalue weighted by Crippen LogP contribution is 2.22. The van der Waals surface area contributed by atoms with Crippen molar-refractivity contribution in [2.45, 2.75) is 52.6 Å². The average molecular weight is 292 g/mol. The second-order valence-corrected chi connectivity index (χ2v) is 5.66. The highest BCUT2D eigenvalue weighted by Gasteiger charge is 2.10. The molecule has 0 atom stereocenters. The van der Waals surface area contributed by atoms with Gasteiger partial charge < -0.3 is 10.1 Å². The fourth-order valence-corrected chi connectivity index (χ4v) is 2.54. The Hall–Kier alpha value is -1.06. The SMILES string of the molecule is CCCCN(CCCC)Cc1cc(CNC)ccc1OC. The van der Waals surface area contributed by atoms with Crippen molar-refractivity contribution in [2.75, 3.05) is 27.2 Å². The molecule has 0 fully saturated rings. The van der Waals surface area contributed by atoms with Crippen LogP contribution in [0.25, 0.3) is 0 Å². The van der Waals surface area contributed by atoms with Crippen LogP contribution in [0.1, 0.15) is 50.7 Å². The van der Waals surface area contributed by atoms with E-state index in [2.05, 4.69) is 42.3 Å². The summed E-state index contributed by atoms with van der Waals surface area (Å²) in [5.74, 6) is 1.01. The first-order valence-corrected chi connectivity index (χ1v) is 8.27. The summed E-state index contributed by atoms with van der Waals surface area (Å²) in [6, 6.07) is 6.52. The monoisotopic (exact) mass is 292 g/mol. The molecule has 0 unspecified atom stereocenters. The van der Waals surface area contributed by atoms with Gasteiger partial charge in [0.05, 0.1) is 7.11 Å². The molecule has 0 saturated heterocycles. The first-order valence-electron chi connectivity index (χ1n) is 8.27. The van der Waals surface area contributed by atoms with Crippen LogP contribution >= 0.6 is 0 Å². The third-order valence-corrected chi connectivity index (χ3v) is 3.78. The van der Waals surface area contributed by atoms with E-state index in [1.807, 2.05) is 7.05 Å². The molecular weight excluding hydrogens is 260 g/mol. The summed E-state index contributed by atoms with van der Waals surface area (Å²) in [5.41, 5.74) is 2.62. The molecule has 0 aliphatic rings. The van der Waals surface area contributed by atoms with Crippen LogP contribution in [0.2, 0.25) is 0 Å². The summed E-state index contributed by atoms with van der Waals surface area (Å²) in [6.07, 6.45) is 5.03.